The quantitative estimate of drug-likeness (QED) is 0.466. The first-order chi connectivity index (χ1) is 12.9. The molecule has 0 fully saturated rings. The second-order valence-electron chi connectivity index (χ2n) is 7.29. The molecule has 2 aromatic carbocycles. The summed E-state index contributed by atoms with van der Waals surface area (Å²) in [6.07, 6.45) is 5.17. The Morgan fingerprint density at radius 2 is 1.96 bits per heavy atom. The summed E-state index contributed by atoms with van der Waals surface area (Å²) in [6.45, 7) is 3.93. The van der Waals surface area contributed by atoms with Crippen LogP contribution < -0.4 is 5.32 Å². The third-order valence-corrected chi connectivity index (χ3v) is 5.86. The topological polar surface area (TPSA) is 92.5 Å². The number of carboxylic acid groups (broad SMARTS) is 1. The molecule has 3 atom stereocenters. The zero-order valence-electron chi connectivity index (χ0n) is 15.1. The Morgan fingerprint density at radius 1 is 1.26 bits per heavy atom. The van der Waals surface area contributed by atoms with Gasteiger partial charge in [-0.1, -0.05) is 24.3 Å². The first kappa shape index (κ1) is 17.3. The normalized spacial score (nSPS) is 22.7. The lowest BCUT2D eigenvalue weighted by atomic mass is 9.74. The molecule has 0 unspecified atom stereocenters. The molecule has 0 radical (unpaired) electrons. The van der Waals surface area contributed by atoms with E-state index in [4.69, 9.17) is 5.11 Å². The Kier molecular flexibility index (Phi) is 3.98. The number of allylic oxidation sites excluding steroid dienone is 2. The number of nitro benzene ring substituents is 1. The van der Waals surface area contributed by atoms with Crippen LogP contribution in [-0.4, -0.2) is 16.0 Å². The van der Waals surface area contributed by atoms with E-state index in [0.29, 0.717) is 5.69 Å². The minimum absolute atomic E-state index is 0.0963. The van der Waals surface area contributed by atoms with Crippen LogP contribution in [0.25, 0.3) is 0 Å². The molecule has 0 bridgehead atoms. The van der Waals surface area contributed by atoms with E-state index in [1.165, 1.54) is 0 Å². The summed E-state index contributed by atoms with van der Waals surface area (Å²) < 4.78 is 0. The molecule has 0 aromatic heterocycles. The fourth-order valence-electron chi connectivity index (χ4n) is 4.39. The number of rotatable bonds is 3. The molecular weight excluding hydrogens is 344 g/mol. The van der Waals surface area contributed by atoms with Gasteiger partial charge in [-0.05, 0) is 60.6 Å². The number of hydrogen-bond acceptors (Lipinski definition) is 4. The van der Waals surface area contributed by atoms with Crippen LogP contribution in [0.3, 0.4) is 0 Å². The van der Waals surface area contributed by atoms with E-state index in [-0.39, 0.29) is 34.1 Å². The first-order valence-electron chi connectivity index (χ1n) is 8.93. The van der Waals surface area contributed by atoms with Crippen LogP contribution in [0.2, 0.25) is 0 Å². The molecule has 1 aliphatic heterocycles. The van der Waals surface area contributed by atoms with E-state index in [2.05, 4.69) is 17.5 Å². The van der Waals surface area contributed by atoms with E-state index in [0.717, 1.165) is 28.7 Å². The number of fused-ring (bicyclic) bond motifs is 3. The molecule has 0 saturated heterocycles. The fraction of sp³-hybridized carbons (Fsp3) is 0.286. The maximum atomic E-state index is 11.7. The number of aryl methyl sites for hydroxylation is 1. The van der Waals surface area contributed by atoms with Crippen molar-refractivity contribution in [3.05, 3.63) is 80.4 Å². The van der Waals surface area contributed by atoms with Crippen molar-refractivity contribution >= 4 is 17.3 Å². The van der Waals surface area contributed by atoms with E-state index in [1.807, 2.05) is 13.8 Å². The van der Waals surface area contributed by atoms with Gasteiger partial charge in [-0.2, -0.15) is 0 Å². The van der Waals surface area contributed by atoms with Crippen molar-refractivity contribution in [2.75, 3.05) is 5.32 Å². The van der Waals surface area contributed by atoms with Gasteiger partial charge in [0.1, 0.15) is 5.69 Å². The van der Waals surface area contributed by atoms with E-state index < -0.39 is 5.97 Å². The highest BCUT2D eigenvalue weighted by Crippen LogP contribution is 2.53. The fourth-order valence-corrected chi connectivity index (χ4v) is 4.39. The van der Waals surface area contributed by atoms with Crippen LogP contribution in [0.4, 0.5) is 11.4 Å². The predicted molar refractivity (Wildman–Crippen MR) is 102 cm³/mol. The number of anilines is 1. The SMILES string of the molecule is Cc1cc([N+](=O)[O-])c2c(c1C)[C@@H]1C=CC[C@@H]1[C@H](c1ccc(C(=O)O)cc1)N2. The molecule has 1 heterocycles. The summed E-state index contributed by atoms with van der Waals surface area (Å²) in [7, 11) is 0. The molecule has 1 aliphatic carbocycles. The predicted octanol–water partition coefficient (Wildman–Crippen LogP) is 4.74. The summed E-state index contributed by atoms with van der Waals surface area (Å²) in [6, 6.07) is 8.29. The number of aromatic carboxylic acids is 1. The third kappa shape index (κ3) is 2.68. The molecule has 0 amide bonds. The molecular formula is C21H20N2O4. The number of carboxylic acids is 1. The molecule has 6 nitrogen and oxygen atoms in total. The second kappa shape index (κ2) is 6.23. The van der Waals surface area contributed by atoms with Gasteiger partial charge in [0.15, 0.2) is 0 Å². The molecule has 27 heavy (non-hydrogen) atoms. The van der Waals surface area contributed by atoms with Crippen molar-refractivity contribution in [3.8, 4) is 0 Å². The lowest BCUT2D eigenvalue weighted by molar-refractivity contribution is -0.384. The van der Waals surface area contributed by atoms with Crippen molar-refractivity contribution in [2.45, 2.75) is 32.2 Å². The van der Waals surface area contributed by atoms with E-state index >= 15 is 0 Å². The molecule has 4 rings (SSSR count). The van der Waals surface area contributed by atoms with Gasteiger partial charge in [0.2, 0.25) is 0 Å². The van der Waals surface area contributed by atoms with Crippen molar-refractivity contribution in [2.24, 2.45) is 5.92 Å². The van der Waals surface area contributed by atoms with Crippen LogP contribution in [-0.2, 0) is 0 Å². The van der Waals surface area contributed by atoms with Crippen LogP contribution in [0.1, 0.15) is 51.0 Å². The van der Waals surface area contributed by atoms with E-state index in [9.17, 15) is 14.9 Å². The van der Waals surface area contributed by atoms with Gasteiger partial charge in [0, 0.05) is 12.0 Å². The Labute approximate surface area is 156 Å². The molecule has 2 N–H and O–H groups in total. The van der Waals surface area contributed by atoms with Gasteiger partial charge in [-0.25, -0.2) is 4.79 Å². The molecule has 6 heteroatoms. The zero-order valence-corrected chi connectivity index (χ0v) is 15.1. The van der Waals surface area contributed by atoms with Crippen molar-refractivity contribution in [3.63, 3.8) is 0 Å². The highest BCUT2D eigenvalue weighted by molar-refractivity contribution is 5.87. The Bertz CT molecular complexity index is 979. The monoisotopic (exact) mass is 364 g/mol. The minimum Gasteiger partial charge on any atom is -0.478 e. The standard InChI is InChI=1S/C21H20N2O4/c1-11-10-17(23(26)27)20-18(12(11)2)15-4-3-5-16(15)19(22-20)13-6-8-14(9-7-13)21(24)25/h3-4,6-10,15-16,19,22H,5H2,1-2H3,(H,24,25)/t15-,16+,19+/m1/s1. The molecule has 0 saturated carbocycles. The Hall–Kier alpha value is -3.15. The average Bonchev–Trinajstić information content (AvgIpc) is 3.13. The number of nitrogens with one attached hydrogen (secondary N) is 1. The van der Waals surface area contributed by atoms with Crippen molar-refractivity contribution in [1.29, 1.82) is 0 Å². The van der Waals surface area contributed by atoms with Gasteiger partial charge >= 0.3 is 5.97 Å². The van der Waals surface area contributed by atoms with Crippen molar-refractivity contribution < 1.29 is 14.8 Å². The summed E-state index contributed by atoms with van der Waals surface area (Å²) in [5.74, 6) is -0.608. The highest BCUT2D eigenvalue weighted by Gasteiger charge is 2.41. The van der Waals surface area contributed by atoms with Gasteiger partial charge in [0.05, 0.1) is 16.5 Å². The molecule has 2 aromatic rings. The maximum absolute atomic E-state index is 11.7. The second-order valence-corrected chi connectivity index (χ2v) is 7.29. The molecule has 138 valence electrons. The minimum atomic E-state index is -0.967. The van der Waals surface area contributed by atoms with Gasteiger partial charge < -0.3 is 10.4 Å². The lowest BCUT2D eigenvalue weighted by Gasteiger charge is -2.38. The summed E-state index contributed by atoms with van der Waals surface area (Å²) in [5.41, 5.74) is 4.88. The van der Waals surface area contributed by atoms with Crippen LogP contribution in [0, 0.1) is 29.9 Å². The molecule has 2 aliphatic rings. The lowest BCUT2D eigenvalue weighted by Crippen LogP contribution is -2.30. The maximum Gasteiger partial charge on any atom is 0.335 e. The van der Waals surface area contributed by atoms with Gasteiger partial charge in [-0.15, -0.1) is 0 Å². The van der Waals surface area contributed by atoms with Gasteiger partial charge in [0.25, 0.3) is 5.69 Å². The van der Waals surface area contributed by atoms with E-state index in [1.54, 1.807) is 30.3 Å². The number of nitrogens with zero attached hydrogens (tertiary/aromatic N) is 1. The summed E-state index contributed by atoms with van der Waals surface area (Å²) in [5, 5.41) is 24.2. The highest BCUT2D eigenvalue weighted by atomic mass is 16.6. The first-order valence-corrected chi connectivity index (χ1v) is 8.93. The van der Waals surface area contributed by atoms with Crippen LogP contribution in [0.5, 0.6) is 0 Å². The smallest absolute Gasteiger partial charge is 0.335 e. The van der Waals surface area contributed by atoms with Crippen LogP contribution in [0.15, 0.2) is 42.5 Å². The van der Waals surface area contributed by atoms with Gasteiger partial charge in [-0.3, -0.25) is 10.1 Å². The number of benzene rings is 2. The average molecular weight is 364 g/mol. The number of hydrogen-bond donors (Lipinski definition) is 2. The number of nitro groups is 1. The Morgan fingerprint density at radius 3 is 2.59 bits per heavy atom. The summed E-state index contributed by atoms with van der Waals surface area (Å²) in [4.78, 5) is 22.5. The Balaban J connectivity index is 1.85. The third-order valence-electron chi connectivity index (χ3n) is 5.86. The van der Waals surface area contributed by atoms with Crippen LogP contribution >= 0.6 is 0 Å². The summed E-state index contributed by atoms with van der Waals surface area (Å²) >= 11 is 0. The zero-order chi connectivity index (χ0) is 19.3. The van der Waals surface area contributed by atoms with Crippen molar-refractivity contribution in [1.82, 2.24) is 0 Å². The molecule has 0 spiro atoms. The number of carbonyl (C=O) groups is 1. The largest absolute Gasteiger partial charge is 0.478 e.